The van der Waals surface area contributed by atoms with Gasteiger partial charge in [-0.05, 0) is 24.3 Å². The molecule has 1 heterocycles. The minimum Gasteiger partial charge on any atom is -0.381 e. The molecule has 0 spiro atoms. The smallest absolute Gasteiger partial charge is 0.164 e. The van der Waals surface area contributed by atoms with Gasteiger partial charge in [-0.3, -0.25) is 4.68 Å². The lowest BCUT2D eigenvalue weighted by Gasteiger charge is -2.02. The molecular weight excluding hydrogens is 217 g/mol. The summed E-state index contributed by atoms with van der Waals surface area (Å²) in [5.74, 6) is -0.0106. The van der Waals surface area contributed by atoms with Gasteiger partial charge in [-0.25, -0.2) is 4.39 Å². The van der Waals surface area contributed by atoms with Gasteiger partial charge in [-0.2, -0.15) is 5.10 Å². The third-order valence-electron chi connectivity index (χ3n) is 2.13. The molecule has 1 aromatic heterocycles. The van der Waals surface area contributed by atoms with Crippen molar-refractivity contribution in [2.75, 3.05) is 5.73 Å². The molecule has 1 aromatic carbocycles. The van der Waals surface area contributed by atoms with Crippen molar-refractivity contribution in [1.82, 2.24) is 9.78 Å². The number of benzene rings is 1. The van der Waals surface area contributed by atoms with E-state index in [-0.39, 0.29) is 11.6 Å². The van der Waals surface area contributed by atoms with Crippen LogP contribution in [0.3, 0.4) is 0 Å². The fraction of sp³-hybridized carbons (Fsp3) is 0.100. The average Bonchev–Trinajstić information content (AvgIpc) is 2.44. The fourth-order valence-electron chi connectivity index (χ4n) is 1.44. The molecule has 2 rings (SSSR count). The molecular formula is C10H9ClFN3. The van der Waals surface area contributed by atoms with Gasteiger partial charge < -0.3 is 5.73 Å². The molecule has 0 aliphatic heterocycles. The Balaban J connectivity index is 2.58. The van der Waals surface area contributed by atoms with Crippen molar-refractivity contribution in [2.45, 2.75) is 0 Å². The van der Waals surface area contributed by atoms with Crippen LogP contribution >= 0.6 is 11.6 Å². The maximum atomic E-state index is 12.7. The predicted octanol–water partition coefficient (Wildman–Crippen LogP) is 2.46. The second-order valence-electron chi connectivity index (χ2n) is 3.18. The normalized spacial score (nSPS) is 10.6. The molecule has 0 saturated heterocycles. The Bertz CT molecular complexity index is 490. The van der Waals surface area contributed by atoms with Gasteiger partial charge >= 0.3 is 0 Å². The average molecular weight is 226 g/mol. The zero-order valence-electron chi connectivity index (χ0n) is 8.04. The summed E-state index contributed by atoms with van der Waals surface area (Å²) >= 11 is 5.99. The van der Waals surface area contributed by atoms with Crippen molar-refractivity contribution in [1.29, 1.82) is 0 Å². The molecule has 0 amide bonds. The van der Waals surface area contributed by atoms with Crippen LogP contribution in [0.5, 0.6) is 0 Å². The van der Waals surface area contributed by atoms with Crippen LogP contribution in [0.2, 0.25) is 5.02 Å². The second-order valence-corrected chi connectivity index (χ2v) is 3.56. The topological polar surface area (TPSA) is 43.8 Å². The van der Waals surface area contributed by atoms with E-state index >= 15 is 0 Å². The molecule has 0 unspecified atom stereocenters. The number of halogens is 2. The molecule has 3 nitrogen and oxygen atoms in total. The lowest BCUT2D eigenvalue weighted by molar-refractivity contribution is 0.628. The van der Waals surface area contributed by atoms with Gasteiger partial charge in [-0.1, -0.05) is 11.6 Å². The second kappa shape index (κ2) is 3.55. The minimum atomic E-state index is -0.287. The number of aryl methyl sites for hydroxylation is 1. The molecule has 5 heteroatoms. The monoisotopic (exact) mass is 225 g/mol. The lowest BCUT2D eigenvalue weighted by atomic mass is 10.1. The number of aromatic nitrogens is 2. The van der Waals surface area contributed by atoms with E-state index in [1.165, 1.54) is 12.1 Å². The zero-order chi connectivity index (χ0) is 11.0. The zero-order valence-corrected chi connectivity index (χ0v) is 8.79. The van der Waals surface area contributed by atoms with Crippen molar-refractivity contribution in [2.24, 2.45) is 7.05 Å². The standard InChI is InChI=1S/C10H9ClFN3/c1-15-9(8(11)10(13)14-15)6-2-4-7(12)5-3-6/h2-5H,1H3,(H2,13,14). The van der Waals surface area contributed by atoms with E-state index in [0.29, 0.717) is 10.7 Å². The van der Waals surface area contributed by atoms with Crippen LogP contribution in [0.1, 0.15) is 0 Å². The molecule has 2 aromatic rings. The molecule has 0 fully saturated rings. The summed E-state index contributed by atoms with van der Waals surface area (Å²) in [5, 5.41) is 4.37. The summed E-state index contributed by atoms with van der Waals surface area (Å²) in [5.41, 5.74) is 7.05. The number of nitrogen functional groups attached to an aromatic ring is 1. The highest BCUT2D eigenvalue weighted by Gasteiger charge is 2.13. The molecule has 78 valence electrons. The van der Waals surface area contributed by atoms with E-state index in [2.05, 4.69) is 5.10 Å². The van der Waals surface area contributed by atoms with Crippen LogP contribution in [0.15, 0.2) is 24.3 Å². The summed E-state index contributed by atoms with van der Waals surface area (Å²) in [6.45, 7) is 0. The molecule has 2 N–H and O–H groups in total. The van der Waals surface area contributed by atoms with Crippen LogP contribution in [0, 0.1) is 5.82 Å². The third-order valence-corrected chi connectivity index (χ3v) is 2.50. The van der Waals surface area contributed by atoms with E-state index in [4.69, 9.17) is 17.3 Å². The summed E-state index contributed by atoms with van der Waals surface area (Å²) in [4.78, 5) is 0. The first-order valence-corrected chi connectivity index (χ1v) is 4.71. The van der Waals surface area contributed by atoms with Crippen molar-refractivity contribution < 1.29 is 4.39 Å². The van der Waals surface area contributed by atoms with E-state index < -0.39 is 0 Å². The highest BCUT2D eigenvalue weighted by molar-refractivity contribution is 6.35. The molecule has 0 atom stereocenters. The van der Waals surface area contributed by atoms with Crippen LogP contribution in [-0.4, -0.2) is 9.78 Å². The first-order valence-electron chi connectivity index (χ1n) is 4.33. The van der Waals surface area contributed by atoms with Gasteiger partial charge in [0.25, 0.3) is 0 Å². The van der Waals surface area contributed by atoms with Gasteiger partial charge in [0.15, 0.2) is 5.82 Å². The summed E-state index contributed by atoms with van der Waals surface area (Å²) in [6, 6.07) is 6.01. The minimum absolute atomic E-state index is 0.276. The van der Waals surface area contributed by atoms with Crippen molar-refractivity contribution in [3.05, 3.63) is 35.1 Å². The van der Waals surface area contributed by atoms with Gasteiger partial charge in [0.2, 0.25) is 0 Å². The first kappa shape index (κ1) is 9.98. The maximum Gasteiger partial charge on any atom is 0.164 e. The van der Waals surface area contributed by atoms with Crippen LogP contribution in [0.25, 0.3) is 11.3 Å². The SMILES string of the molecule is Cn1nc(N)c(Cl)c1-c1ccc(F)cc1. The highest BCUT2D eigenvalue weighted by Crippen LogP contribution is 2.31. The van der Waals surface area contributed by atoms with Crippen molar-refractivity contribution in [3.8, 4) is 11.3 Å². The van der Waals surface area contributed by atoms with Crippen molar-refractivity contribution in [3.63, 3.8) is 0 Å². The van der Waals surface area contributed by atoms with E-state index in [0.717, 1.165) is 5.56 Å². The number of rotatable bonds is 1. The van der Waals surface area contributed by atoms with Crippen LogP contribution in [0.4, 0.5) is 10.2 Å². The predicted molar refractivity (Wildman–Crippen MR) is 58.0 cm³/mol. The van der Waals surface area contributed by atoms with E-state index in [1.807, 2.05) is 0 Å². The Morgan fingerprint density at radius 3 is 2.40 bits per heavy atom. The quantitative estimate of drug-likeness (QED) is 0.810. The number of nitrogens with two attached hydrogens (primary N) is 1. The molecule has 15 heavy (non-hydrogen) atoms. The largest absolute Gasteiger partial charge is 0.381 e. The number of nitrogens with zero attached hydrogens (tertiary/aromatic N) is 2. The van der Waals surface area contributed by atoms with E-state index in [9.17, 15) is 4.39 Å². The van der Waals surface area contributed by atoms with Gasteiger partial charge in [0, 0.05) is 12.6 Å². The number of hydrogen-bond donors (Lipinski definition) is 1. The summed E-state index contributed by atoms with van der Waals surface area (Å²) < 4.78 is 14.3. The Morgan fingerprint density at radius 1 is 1.33 bits per heavy atom. The van der Waals surface area contributed by atoms with Gasteiger partial charge in [0.1, 0.15) is 10.8 Å². The molecule has 0 radical (unpaired) electrons. The van der Waals surface area contributed by atoms with Crippen LogP contribution in [-0.2, 0) is 7.05 Å². The maximum absolute atomic E-state index is 12.7. The van der Waals surface area contributed by atoms with Gasteiger partial charge in [-0.15, -0.1) is 0 Å². The first-order chi connectivity index (χ1) is 7.09. The Kier molecular flexibility index (Phi) is 2.36. The lowest BCUT2D eigenvalue weighted by Crippen LogP contribution is -1.94. The fourth-order valence-corrected chi connectivity index (χ4v) is 1.71. The Hall–Kier alpha value is -1.55. The number of anilines is 1. The summed E-state index contributed by atoms with van der Waals surface area (Å²) in [6.07, 6.45) is 0. The molecule has 0 aliphatic carbocycles. The van der Waals surface area contributed by atoms with Gasteiger partial charge in [0.05, 0.1) is 5.69 Å². The summed E-state index contributed by atoms with van der Waals surface area (Å²) in [7, 11) is 1.74. The Labute approximate surface area is 91.3 Å². The van der Waals surface area contributed by atoms with Crippen molar-refractivity contribution >= 4 is 17.4 Å². The molecule has 0 bridgehead atoms. The highest BCUT2D eigenvalue weighted by atomic mass is 35.5. The molecule has 0 aliphatic rings. The van der Waals surface area contributed by atoms with E-state index in [1.54, 1.807) is 23.9 Å². The number of hydrogen-bond acceptors (Lipinski definition) is 2. The molecule has 0 saturated carbocycles. The Morgan fingerprint density at radius 2 is 1.93 bits per heavy atom. The third kappa shape index (κ3) is 1.68. The van der Waals surface area contributed by atoms with Crippen LogP contribution < -0.4 is 5.73 Å².